The molecule has 25 heavy (non-hydrogen) atoms. The van der Waals surface area contributed by atoms with Gasteiger partial charge in [-0.3, -0.25) is 9.59 Å². The molecule has 1 saturated carbocycles. The molecule has 138 valence electrons. The first-order valence-corrected chi connectivity index (χ1v) is 9.73. The van der Waals surface area contributed by atoms with Crippen molar-refractivity contribution in [2.75, 3.05) is 14.1 Å². The third-order valence-corrected chi connectivity index (χ3v) is 6.37. The normalized spacial score (nSPS) is 21.6. The molecule has 0 bridgehead atoms. The van der Waals surface area contributed by atoms with Crippen molar-refractivity contribution in [3.8, 4) is 0 Å². The minimum absolute atomic E-state index is 0.104. The van der Waals surface area contributed by atoms with E-state index in [0.717, 1.165) is 23.6 Å². The summed E-state index contributed by atoms with van der Waals surface area (Å²) < 4.78 is 25.2. The van der Waals surface area contributed by atoms with Crippen molar-refractivity contribution in [3.05, 3.63) is 29.8 Å². The van der Waals surface area contributed by atoms with E-state index < -0.39 is 28.0 Å². The lowest BCUT2D eigenvalue weighted by Gasteiger charge is -2.23. The van der Waals surface area contributed by atoms with E-state index in [-0.39, 0.29) is 10.8 Å². The van der Waals surface area contributed by atoms with Crippen molar-refractivity contribution in [2.45, 2.75) is 43.0 Å². The van der Waals surface area contributed by atoms with Gasteiger partial charge in [0.2, 0.25) is 10.0 Å². The molecule has 7 nitrogen and oxygen atoms in total. The third-order valence-electron chi connectivity index (χ3n) is 4.54. The van der Waals surface area contributed by atoms with Gasteiger partial charge in [0.15, 0.2) is 0 Å². The number of carbonyl (C=O) groups is 2. The van der Waals surface area contributed by atoms with Crippen LogP contribution in [0.1, 0.15) is 42.5 Å². The van der Waals surface area contributed by atoms with Crippen molar-refractivity contribution in [1.29, 1.82) is 0 Å². The smallest absolute Gasteiger partial charge is 0.308 e. The fourth-order valence-electron chi connectivity index (χ4n) is 3.02. The van der Waals surface area contributed by atoms with Gasteiger partial charge in [0.25, 0.3) is 5.91 Å². The molecule has 1 aliphatic carbocycles. The van der Waals surface area contributed by atoms with Crippen molar-refractivity contribution in [3.63, 3.8) is 0 Å². The van der Waals surface area contributed by atoms with Crippen LogP contribution in [0.3, 0.4) is 0 Å². The Morgan fingerprint density at radius 2 is 1.68 bits per heavy atom. The molecule has 0 unspecified atom stereocenters. The summed E-state index contributed by atoms with van der Waals surface area (Å²) in [6.45, 7) is 0. The van der Waals surface area contributed by atoms with Gasteiger partial charge < -0.3 is 10.4 Å². The summed E-state index contributed by atoms with van der Waals surface area (Å²) >= 11 is 0. The van der Waals surface area contributed by atoms with Gasteiger partial charge in [-0.05, 0) is 37.1 Å². The molecule has 1 amide bonds. The number of hydrogen-bond donors (Lipinski definition) is 2. The first-order chi connectivity index (χ1) is 11.7. The maximum atomic E-state index is 12.4. The first kappa shape index (κ1) is 19.4. The zero-order valence-corrected chi connectivity index (χ0v) is 15.3. The van der Waals surface area contributed by atoms with Gasteiger partial charge in [0, 0.05) is 25.7 Å². The topological polar surface area (TPSA) is 104 Å². The van der Waals surface area contributed by atoms with E-state index in [4.69, 9.17) is 0 Å². The highest BCUT2D eigenvalue weighted by atomic mass is 32.2. The van der Waals surface area contributed by atoms with Crippen LogP contribution in [0, 0.1) is 5.92 Å². The maximum absolute atomic E-state index is 12.4. The van der Waals surface area contributed by atoms with Crippen LogP contribution in [0.2, 0.25) is 0 Å². The SMILES string of the molecule is CN(C)S(=O)(=O)c1ccc(C(=O)N[C@H]2CCCCC[C@H]2C(=O)O)cc1. The number of carboxylic acid groups (broad SMARTS) is 1. The van der Waals surface area contributed by atoms with Crippen LogP contribution in [-0.2, 0) is 14.8 Å². The lowest BCUT2D eigenvalue weighted by molar-refractivity contribution is -0.142. The summed E-state index contributed by atoms with van der Waals surface area (Å²) in [6, 6.07) is 5.24. The van der Waals surface area contributed by atoms with Crippen molar-refractivity contribution in [1.82, 2.24) is 9.62 Å². The molecule has 0 heterocycles. The van der Waals surface area contributed by atoms with Crippen LogP contribution >= 0.6 is 0 Å². The van der Waals surface area contributed by atoms with Crippen LogP contribution < -0.4 is 5.32 Å². The molecule has 0 aromatic heterocycles. The highest BCUT2D eigenvalue weighted by molar-refractivity contribution is 7.89. The van der Waals surface area contributed by atoms with Crippen LogP contribution in [0.5, 0.6) is 0 Å². The maximum Gasteiger partial charge on any atom is 0.308 e. The number of amides is 1. The minimum atomic E-state index is -3.55. The lowest BCUT2D eigenvalue weighted by atomic mass is 9.94. The Morgan fingerprint density at radius 3 is 2.24 bits per heavy atom. The minimum Gasteiger partial charge on any atom is -0.481 e. The zero-order chi connectivity index (χ0) is 18.6. The molecule has 0 aliphatic heterocycles. The van der Waals surface area contributed by atoms with Gasteiger partial charge in [-0.25, -0.2) is 12.7 Å². The quantitative estimate of drug-likeness (QED) is 0.770. The fourth-order valence-corrected chi connectivity index (χ4v) is 3.92. The molecule has 2 rings (SSSR count). The Balaban J connectivity index is 2.13. The van der Waals surface area contributed by atoms with E-state index in [2.05, 4.69) is 5.32 Å². The number of carbonyl (C=O) groups excluding carboxylic acids is 1. The third kappa shape index (κ3) is 4.58. The Morgan fingerprint density at radius 1 is 1.08 bits per heavy atom. The van der Waals surface area contributed by atoms with Crippen molar-refractivity contribution < 1.29 is 23.1 Å². The van der Waals surface area contributed by atoms with E-state index in [9.17, 15) is 23.1 Å². The fraction of sp³-hybridized carbons (Fsp3) is 0.529. The van der Waals surface area contributed by atoms with Crippen molar-refractivity contribution in [2.24, 2.45) is 5.92 Å². The molecule has 1 aromatic rings. The predicted molar refractivity (Wildman–Crippen MR) is 92.8 cm³/mol. The summed E-state index contributed by atoms with van der Waals surface area (Å²) in [5.41, 5.74) is 0.311. The molecular weight excluding hydrogens is 344 g/mol. The van der Waals surface area contributed by atoms with Crippen LogP contribution in [-0.4, -0.2) is 49.8 Å². The van der Waals surface area contributed by atoms with E-state index in [1.165, 1.54) is 38.4 Å². The molecule has 2 N–H and O–H groups in total. The molecule has 1 aliphatic rings. The Kier molecular flexibility index (Phi) is 6.18. The van der Waals surface area contributed by atoms with Crippen molar-refractivity contribution >= 4 is 21.9 Å². The summed E-state index contributed by atoms with van der Waals surface area (Å²) in [5, 5.41) is 12.2. The van der Waals surface area contributed by atoms with Crippen LogP contribution in [0.4, 0.5) is 0 Å². The second-order valence-corrected chi connectivity index (χ2v) is 8.63. The number of sulfonamides is 1. The Hall–Kier alpha value is -1.93. The summed E-state index contributed by atoms with van der Waals surface area (Å²) in [6.07, 6.45) is 3.89. The molecular formula is C17H24N2O5S. The number of aliphatic carboxylic acids is 1. The van der Waals surface area contributed by atoms with E-state index in [1.54, 1.807) is 0 Å². The van der Waals surface area contributed by atoms with Gasteiger partial charge >= 0.3 is 5.97 Å². The largest absolute Gasteiger partial charge is 0.481 e. The van der Waals surface area contributed by atoms with Gasteiger partial charge in [0.05, 0.1) is 10.8 Å². The number of carboxylic acids is 1. The molecule has 1 aromatic carbocycles. The van der Waals surface area contributed by atoms with E-state index in [0.29, 0.717) is 18.4 Å². The van der Waals surface area contributed by atoms with Gasteiger partial charge in [-0.1, -0.05) is 19.3 Å². The summed E-state index contributed by atoms with van der Waals surface area (Å²) in [7, 11) is -0.670. The van der Waals surface area contributed by atoms with Gasteiger partial charge in [0.1, 0.15) is 0 Å². The second-order valence-electron chi connectivity index (χ2n) is 6.47. The van der Waals surface area contributed by atoms with Gasteiger partial charge in [-0.15, -0.1) is 0 Å². The zero-order valence-electron chi connectivity index (χ0n) is 14.4. The van der Waals surface area contributed by atoms with E-state index in [1.807, 2.05) is 0 Å². The number of hydrogen-bond acceptors (Lipinski definition) is 4. The van der Waals surface area contributed by atoms with Crippen LogP contribution in [0.15, 0.2) is 29.2 Å². The standard InChI is InChI=1S/C17H24N2O5S/c1-19(2)25(23,24)13-10-8-12(9-11-13)16(20)18-15-7-5-3-4-6-14(15)17(21)22/h8-11,14-15H,3-7H2,1-2H3,(H,18,20)(H,21,22)/t14-,15+/m1/s1. The number of nitrogens with zero attached hydrogens (tertiary/aromatic N) is 1. The average Bonchev–Trinajstić information content (AvgIpc) is 2.80. The lowest BCUT2D eigenvalue weighted by Crippen LogP contribution is -2.42. The Bertz CT molecular complexity index is 728. The molecule has 1 fully saturated rings. The monoisotopic (exact) mass is 368 g/mol. The number of benzene rings is 1. The highest BCUT2D eigenvalue weighted by Gasteiger charge is 2.30. The Labute approximate surface area is 148 Å². The number of rotatable bonds is 5. The molecule has 0 saturated heterocycles. The first-order valence-electron chi connectivity index (χ1n) is 8.29. The molecule has 0 spiro atoms. The molecule has 0 radical (unpaired) electrons. The summed E-state index contributed by atoms with van der Waals surface area (Å²) in [5.74, 6) is -1.86. The highest BCUT2D eigenvalue weighted by Crippen LogP contribution is 2.24. The second kappa shape index (κ2) is 7.97. The van der Waals surface area contributed by atoms with E-state index >= 15 is 0 Å². The average molecular weight is 368 g/mol. The van der Waals surface area contributed by atoms with Gasteiger partial charge in [-0.2, -0.15) is 0 Å². The summed E-state index contributed by atoms with van der Waals surface area (Å²) in [4.78, 5) is 24.0. The van der Waals surface area contributed by atoms with Crippen LogP contribution in [0.25, 0.3) is 0 Å². The molecule has 8 heteroatoms. The number of nitrogens with one attached hydrogen (secondary N) is 1. The predicted octanol–water partition coefficient (Wildman–Crippen LogP) is 1.70. The molecule has 2 atom stereocenters.